The van der Waals surface area contributed by atoms with Gasteiger partial charge in [-0.1, -0.05) is 31.2 Å². The Kier molecular flexibility index (Phi) is 3.66. The Morgan fingerprint density at radius 1 is 1.33 bits per heavy atom. The second-order valence-electron chi connectivity index (χ2n) is 7.01. The van der Waals surface area contributed by atoms with Crippen molar-refractivity contribution in [2.24, 2.45) is 11.8 Å². The van der Waals surface area contributed by atoms with E-state index in [1.165, 1.54) is 12.0 Å². The highest BCUT2D eigenvalue weighted by atomic mass is 35.5. The topological polar surface area (TPSA) is 29.1 Å². The standard InChI is InChI=1S/C18H23NO.ClH/c1-3-18-10-17-13(11(2)20)9-15(18)16(19-17)8-12-6-4-5-7-14(12)18;/h4-7,13,15-17,19H,3,8-10H2,1-2H3;1H/t13-,15?,16?,17?,18+;/m1./s1. The molecule has 1 aromatic carbocycles. The molecule has 1 N–H and O–H groups in total. The second-order valence-corrected chi connectivity index (χ2v) is 7.01. The molecule has 5 atom stereocenters. The van der Waals surface area contributed by atoms with Gasteiger partial charge in [0.25, 0.3) is 0 Å². The predicted octanol–water partition coefficient (Wildman–Crippen LogP) is 3.27. The number of benzene rings is 1. The number of hydrogen-bond donors (Lipinski definition) is 1. The lowest BCUT2D eigenvalue weighted by Crippen LogP contribution is -2.69. The zero-order chi connectivity index (χ0) is 13.9. The maximum Gasteiger partial charge on any atom is 0.134 e. The van der Waals surface area contributed by atoms with Crippen LogP contribution in [0, 0.1) is 11.8 Å². The van der Waals surface area contributed by atoms with Gasteiger partial charge in [-0.25, -0.2) is 0 Å². The van der Waals surface area contributed by atoms with Gasteiger partial charge < -0.3 is 5.32 Å². The van der Waals surface area contributed by atoms with Gasteiger partial charge in [-0.3, -0.25) is 4.79 Å². The molecule has 0 amide bonds. The summed E-state index contributed by atoms with van der Waals surface area (Å²) in [4.78, 5) is 11.9. The quantitative estimate of drug-likeness (QED) is 0.908. The SMILES string of the molecule is CC[C@]12CC3NC(Cc4ccccc41)C2C[C@@H]3C(C)=O.Cl. The largest absolute Gasteiger partial charge is 0.310 e. The number of nitrogens with one attached hydrogen (secondary N) is 1. The van der Waals surface area contributed by atoms with Crippen LogP contribution in [0.2, 0.25) is 0 Å². The van der Waals surface area contributed by atoms with Crippen molar-refractivity contribution in [1.82, 2.24) is 5.32 Å². The summed E-state index contributed by atoms with van der Waals surface area (Å²) in [5, 5.41) is 3.79. The van der Waals surface area contributed by atoms with Crippen LogP contribution in [0.5, 0.6) is 0 Å². The molecule has 0 spiro atoms. The van der Waals surface area contributed by atoms with Crippen LogP contribution in [0.3, 0.4) is 0 Å². The number of ketones is 1. The molecule has 3 heteroatoms. The number of halogens is 1. The summed E-state index contributed by atoms with van der Waals surface area (Å²) in [6.07, 6.45) is 4.59. The number of fused-ring (bicyclic) bond motifs is 2. The molecule has 0 radical (unpaired) electrons. The summed E-state index contributed by atoms with van der Waals surface area (Å²) in [6, 6.07) is 9.98. The minimum absolute atomic E-state index is 0. The third kappa shape index (κ3) is 1.92. The first kappa shape index (κ1) is 15.1. The van der Waals surface area contributed by atoms with Crippen LogP contribution in [0.25, 0.3) is 0 Å². The summed E-state index contributed by atoms with van der Waals surface area (Å²) >= 11 is 0. The lowest BCUT2D eigenvalue weighted by Gasteiger charge is -2.61. The van der Waals surface area contributed by atoms with Crippen LogP contribution in [0.1, 0.15) is 44.2 Å². The predicted molar refractivity (Wildman–Crippen MR) is 87.0 cm³/mol. The zero-order valence-electron chi connectivity index (χ0n) is 12.8. The number of hydrogen-bond acceptors (Lipinski definition) is 2. The summed E-state index contributed by atoms with van der Waals surface area (Å²) in [7, 11) is 0. The van der Waals surface area contributed by atoms with E-state index in [-0.39, 0.29) is 18.3 Å². The highest BCUT2D eigenvalue weighted by Crippen LogP contribution is 2.56. The van der Waals surface area contributed by atoms with Crippen molar-refractivity contribution < 1.29 is 4.79 Å². The maximum atomic E-state index is 11.9. The first-order valence-corrected chi connectivity index (χ1v) is 8.00. The first-order valence-electron chi connectivity index (χ1n) is 8.00. The summed E-state index contributed by atoms with van der Waals surface area (Å²) in [5.41, 5.74) is 3.43. The van der Waals surface area contributed by atoms with Gasteiger partial charge in [0, 0.05) is 23.4 Å². The van der Waals surface area contributed by atoms with Gasteiger partial charge in [-0.2, -0.15) is 0 Å². The highest BCUT2D eigenvalue weighted by molar-refractivity contribution is 5.85. The number of piperidine rings is 2. The molecule has 1 saturated carbocycles. The third-order valence-electron chi connectivity index (χ3n) is 6.35. The molecule has 2 aliphatic carbocycles. The number of carbonyl (C=O) groups is 1. The van der Waals surface area contributed by atoms with Gasteiger partial charge in [0.1, 0.15) is 5.78 Å². The number of carbonyl (C=O) groups excluding carboxylic acids is 1. The molecule has 2 nitrogen and oxygen atoms in total. The smallest absolute Gasteiger partial charge is 0.134 e. The van der Waals surface area contributed by atoms with Gasteiger partial charge >= 0.3 is 0 Å². The van der Waals surface area contributed by atoms with Crippen LogP contribution in [0.15, 0.2) is 24.3 Å². The van der Waals surface area contributed by atoms with Crippen molar-refractivity contribution >= 4 is 18.2 Å². The molecule has 3 fully saturated rings. The molecule has 0 aromatic heterocycles. The fourth-order valence-electron chi connectivity index (χ4n) is 5.44. The van der Waals surface area contributed by atoms with E-state index in [2.05, 4.69) is 36.5 Å². The monoisotopic (exact) mass is 305 g/mol. The van der Waals surface area contributed by atoms with Crippen molar-refractivity contribution in [1.29, 1.82) is 0 Å². The Labute approximate surface area is 133 Å². The fraction of sp³-hybridized carbons (Fsp3) is 0.611. The maximum absolute atomic E-state index is 11.9. The average molecular weight is 306 g/mol. The van der Waals surface area contributed by atoms with E-state index in [0.29, 0.717) is 29.2 Å². The van der Waals surface area contributed by atoms with E-state index in [1.807, 2.05) is 0 Å². The normalized spacial score (nSPS) is 39.3. The summed E-state index contributed by atoms with van der Waals surface area (Å²) in [6.45, 7) is 4.11. The highest BCUT2D eigenvalue weighted by Gasteiger charge is 2.58. The van der Waals surface area contributed by atoms with Crippen LogP contribution >= 0.6 is 12.4 Å². The lowest BCUT2D eigenvalue weighted by atomic mass is 9.48. The average Bonchev–Trinajstić information content (AvgIpc) is 2.46. The van der Waals surface area contributed by atoms with E-state index in [9.17, 15) is 4.79 Å². The molecule has 2 heterocycles. The van der Waals surface area contributed by atoms with Crippen LogP contribution < -0.4 is 5.32 Å². The minimum Gasteiger partial charge on any atom is -0.310 e. The van der Waals surface area contributed by atoms with E-state index in [1.54, 1.807) is 12.5 Å². The van der Waals surface area contributed by atoms with Crippen LogP contribution in [0.4, 0.5) is 0 Å². The third-order valence-corrected chi connectivity index (χ3v) is 6.35. The molecule has 114 valence electrons. The molecule has 21 heavy (non-hydrogen) atoms. The van der Waals surface area contributed by atoms with Crippen LogP contribution in [-0.2, 0) is 16.6 Å². The fourth-order valence-corrected chi connectivity index (χ4v) is 5.44. The van der Waals surface area contributed by atoms with E-state index >= 15 is 0 Å². The van der Waals surface area contributed by atoms with Crippen molar-refractivity contribution in [3.05, 3.63) is 35.4 Å². The Balaban J connectivity index is 0.00000132. The Hall–Kier alpha value is -0.860. The van der Waals surface area contributed by atoms with E-state index in [0.717, 1.165) is 19.3 Å². The second kappa shape index (κ2) is 5.10. The van der Waals surface area contributed by atoms with Gasteiger partial charge in [-0.15, -0.1) is 12.4 Å². The lowest BCUT2D eigenvalue weighted by molar-refractivity contribution is -0.127. The van der Waals surface area contributed by atoms with Gasteiger partial charge in [0.15, 0.2) is 0 Å². The molecule has 2 saturated heterocycles. The van der Waals surface area contributed by atoms with E-state index in [4.69, 9.17) is 0 Å². The van der Waals surface area contributed by atoms with Gasteiger partial charge in [0.05, 0.1) is 0 Å². The molecule has 5 rings (SSSR count). The molecule has 4 bridgehead atoms. The molecular formula is C18H24ClNO. The van der Waals surface area contributed by atoms with Gasteiger partial charge in [0.2, 0.25) is 0 Å². The number of rotatable bonds is 2. The Morgan fingerprint density at radius 2 is 2.10 bits per heavy atom. The van der Waals surface area contributed by atoms with E-state index < -0.39 is 0 Å². The molecule has 2 aliphatic heterocycles. The first-order chi connectivity index (χ1) is 9.65. The summed E-state index contributed by atoms with van der Waals surface area (Å²) < 4.78 is 0. The Morgan fingerprint density at radius 3 is 2.76 bits per heavy atom. The van der Waals surface area contributed by atoms with Crippen LogP contribution in [-0.4, -0.2) is 17.9 Å². The van der Waals surface area contributed by atoms with Crippen molar-refractivity contribution in [3.8, 4) is 0 Å². The van der Waals surface area contributed by atoms with Crippen molar-refractivity contribution in [3.63, 3.8) is 0 Å². The molecule has 4 aliphatic rings. The molecular weight excluding hydrogens is 282 g/mol. The Bertz CT molecular complexity index is 572. The zero-order valence-corrected chi connectivity index (χ0v) is 13.6. The van der Waals surface area contributed by atoms with Crippen molar-refractivity contribution in [2.45, 2.75) is 57.0 Å². The van der Waals surface area contributed by atoms with Gasteiger partial charge in [-0.05, 0) is 49.7 Å². The summed E-state index contributed by atoms with van der Waals surface area (Å²) in [5.74, 6) is 1.27. The molecule has 3 unspecified atom stereocenters. The molecule has 1 aromatic rings. The minimum atomic E-state index is 0. The number of Topliss-reactive ketones (excluding diaryl/α,β-unsaturated/α-hetero) is 1. The van der Waals surface area contributed by atoms with Crippen molar-refractivity contribution in [2.75, 3.05) is 0 Å².